The Labute approximate surface area is 170 Å². The first-order valence-corrected chi connectivity index (χ1v) is 10.1. The predicted molar refractivity (Wildman–Crippen MR) is 112 cm³/mol. The minimum Gasteiger partial charge on any atom is -0.465 e. The van der Waals surface area contributed by atoms with E-state index in [-0.39, 0.29) is 23.7 Å². The van der Waals surface area contributed by atoms with E-state index in [9.17, 15) is 14.4 Å². The quantitative estimate of drug-likeness (QED) is 0.339. The Balaban J connectivity index is 2.16. The second-order valence-electron chi connectivity index (χ2n) is 6.48. The number of fused-ring (bicyclic) bond motifs is 1. The van der Waals surface area contributed by atoms with Crippen molar-refractivity contribution >= 4 is 34.6 Å². The summed E-state index contributed by atoms with van der Waals surface area (Å²) in [5.74, 6) is -0.342. The van der Waals surface area contributed by atoms with Crippen molar-refractivity contribution < 1.29 is 9.53 Å². The van der Waals surface area contributed by atoms with Gasteiger partial charge in [0, 0.05) is 12.7 Å². The van der Waals surface area contributed by atoms with Gasteiger partial charge in [-0.05, 0) is 31.0 Å². The molecule has 3 rings (SSSR count). The fourth-order valence-corrected chi connectivity index (χ4v) is 3.99. The Kier molecular flexibility index (Phi) is 6.12. The van der Waals surface area contributed by atoms with Crippen LogP contribution in [0.25, 0.3) is 11.2 Å². The molecule has 0 saturated carbocycles. The van der Waals surface area contributed by atoms with Crippen LogP contribution in [0.2, 0.25) is 0 Å². The SMILES string of the molecule is CCOC(=O)C(CC)Sc1nc2c(c(=O)[nH]c(=O)n2C)n1Cc1cccc(N)c1. The number of hydrogen-bond acceptors (Lipinski definition) is 7. The number of aromatic nitrogens is 4. The molecule has 29 heavy (non-hydrogen) atoms. The van der Waals surface area contributed by atoms with Gasteiger partial charge < -0.3 is 15.0 Å². The Hall–Kier alpha value is -3.01. The van der Waals surface area contributed by atoms with Crippen molar-refractivity contribution in [2.75, 3.05) is 12.3 Å². The van der Waals surface area contributed by atoms with Gasteiger partial charge in [-0.1, -0.05) is 30.8 Å². The summed E-state index contributed by atoms with van der Waals surface area (Å²) in [7, 11) is 1.54. The first-order chi connectivity index (χ1) is 13.8. The molecule has 3 N–H and O–H groups in total. The Morgan fingerprint density at radius 2 is 2.10 bits per heavy atom. The highest BCUT2D eigenvalue weighted by atomic mass is 32.2. The number of ether oxygens (including phenoxy) is 1. The number of rotatable bonds is 7. The number of thioether (sulfide) groups is 1. The van der Waals surface area contributed by atoms with Gasteiger partial charge in [0.1, 0.15) is 5.25 Å². The normalized spacial score (nSPS) is 12.2. The van der Waals surface area contributed by atoms with Gasteiger partial charge in [-0.2, -0.15) is 0 Å². The number of nitrogen functional groups attached to an aromatic ring is 1. The van der Waals surface area contributed by atoms with Gasteiger partial charge in [-0.3, -0.25) is 19.1 Å². The molecule has 2 aromatic heterocycles. The lowest BCUT2D eigenvalue weighted by Crippen LogP contribution is -2.29. The zero-order valence-corrected chi connectivity index (χ0v) is 17.3. The Bertz CT molecular complexity index is 1160. The molecule has 0 bridgehead atoms. The highest BCUT2D eigenvalue weighted by Crippen LogP contribution is 2.29. The fraction of sp³-hybridized carbons (Fsp3) is 0.368. The fourth-order valence-electron chi connectivity index (χ4n) is 2.99. The van der Waals surface area contributed by atoms with Gasteiger partial charge in [0.15, 0.2) is 16.3 Å². The number of carbonyl (C=O) groups excluding carboxylic acids is 1. The molecule has 0 aliphatic rings. The van der Waals surface area contributed by atoms with Gasteiger partial charge in [0.05, 0.1) is 13.2 Å². The van der Waals surface area contributed by atoms with Crippen LogP contribution in [0, 0.1) is 0 Å². The van der Waals surface area contributed by atoms with Crippen LogP contribution in [0.3, 0.4) is 0 Å². The lowest BCUT2D eigenvalue weighted by Gasteiger charge is -2.14. The second-order valence-corrected chi connectivity index (χ2v) is 7.65. The zero-order valence-electron chi connectivity index (χ0n) is 16.5. The number of aromatic amines is 1. The van der Waals surface area contributed by atoms with Crippen LogP contribution < -0.4 is 17.0 Å². The number of nitrogens with one attached hydrogen (secondary N) is 1. The molecule has 9 nitrogen and oxygen atoms in total. The number of benzene rings is 1. The smallest absolute Gasteiger partial charge is 0.329 e. The summed E-state index contributed by atoms with van der Waals surface area (Å²) < 4.78 is 8.13. The molecular weight excluding hydrogens is 394 g/mol. The maximum Gasteiger partial charge on any atom is 0.329 e. The molecule has 0 fully saturated rings. The molecular formula is C19H23N5O4S. The lowest BCUT2D eigenvalue weighted by atomic mass is 10.2. The van der Waals surface area contributed by atoms with Crippen molar-refractivity contribution in [3.05, 3.63) is 50.7 Å². The van der Waals surface area contributed by atoms with Gasteiger partial charge in [-0.25, -0.2) is 9.78 Å². The summed E-state index contributed by atoms with van der Waals surface area (Å²) in [6, 6.07) is 7.29. The zero-order chi connectivity index (χ0) is 21.1. The van der Waals surface area contributed by atoms with Crippen LogP contribution in [0.4, 0.5) is 5.69 Å². The number of hydrogen-bond donors (Lipinski definition) is 2. The van der Waals surface area contributed by atoms with Crippen LogP contribution in [-0.4, -0.2) is 36.9 Å². The lowest BCUT2D eigenvalue weighted by molar-refractivity contribution is -0.142. The minimum absolute atomic E-state index is 0.254. The molecule has 154 valence electrons. The maximum atomic E-state index is 12.6. The van der Waals surface area contributed by atoms with E-state index in [0.29, 0.717) is 23.8 Å². The third-order valence-corrected chi connectivity index (χ3v) is 5.76. The van der Waals surface area contributed by atoms with Crippen LogP contribution in [0.1, 0.15) is 25.8 Å². The van der Waals surface area contributed by atoms with E-state index >= 15 is 0 Å². The van der Waals surface area contributed by atoms with E-state index in [1.165, 1.54) is 23.4 Å². The highest BCUT2D eigenvalue weighted by Gasteiger charge is 2.25. The summed E-state index contributed by atoms with van der Waals surface area (Å²) in [4.78, 5) is 43.7. The van der Waals surface area contributed by atoms with Crippen LogP contribution in [-0.2, 0) is 23.1 Å². The minimum atomic E-state index is -0.551. The molecule has 1 aromatic carbocycles. The number of esters is 1. The summed E-state index contributed by atoms with van der Waals surface area (Å²) >= 11 is 1.21. The third kappa shape index (κ3) is 4.21. The number of H-pyrrole nitrogens is 1. The second kappa shape index (κ2) is 8.56. The Morgan fingerprint density at radius 1 is 1.34 bits per heavy atom. The number of imidazole rings is 1. The summed E-state index contributed by atoms with van der Waals surface area (Å²) in [5.41, 5.74) is 6.78. The molecule has 1 unspecified atom stereocenters. The first kappa shape index (κ1) is 20.7. The van der Waals surface area contributed by atoms with E-state index < -0.39 is 16.5 Å². The average molecular weight is 417 g/mol. The van der Waals surface area contributed by atoms with Crippen molar-refractivity contribution in [3.63, 3.8) is 0 Å². The van der Waals surface area contributed by atoms with Gasteiger partial charge in [-0.15, -0.1) is 0 Å². The number of nitrogens with two attached hydrogens (primary N) is 1. The number of carbonyl (C=O) groups is 1. The maximum absolute atomic E-state index is 12.6. The molecule has 2 heterocycles. The van der Waals surface area contributed by atoms with Crippen LogP contribution in [0.5, 0.6) is 0 Å². The highest BCUT2D eigenvalue weighted by molar-refractivity contribution is 8.00. The van der Waals surface area contributed by atoms with Crippen LogP contribution >= 0.6 is 11.8 Å². The first-order valence-electron chi connectivity index (χ1n) is 9.22. The number of aryl methyl sites for hydroxylation is 1. The van der Waals surface area contributed by atoms with Gasteiger partial charge in [0.25, 0.3) is 5.56 Å². The standard InChI is InChI=1S/C19H23N5O4S/c1-4-13(17(26)28-5-2)29-19-21-15-14(16(25)22-18(27)23(15)3)24(19)10-11-7-6-8-12(20)9-11/h6-9,13H,4-5,10,20H2,1-3H3,(H,22,25,27). The third-order valence-electron chi connectivity index (χ3n) is 4.43. The molecule has 0 aliphatic carbocycles. The molecule has 3 aromatic rings. The van der Waals surface area contributed by atoms with E-state index in [0.717, 1.165) is 5.56 Å². The van der Waals surface area contributed by atoms with E-state index in [1.807, 2.05) is 19.1 Å². The van der Waals surface area contributed by atoms with Gasteiger partial charge >= 0.3 is 11.7 Å². The molecule has 0 radical (unpaired) electrons. The monoisotopic (exact) mass is 417 g/mol. The molecule has 0 saturated heterocycles. The summed E-state index contributed by atoms with van der Waals surface area (Å²) in [5, 5.41) is -0.0310. The van der Waals surface area contributed by atoms with E-state index in [2.05, 4.69) is 9.97 Å². The molecule has 1 atom stereocenters. The van der Waals surface area contributed by atoms with Crippen molar-refractivity contribution in [3.8, 4) is 0 Å². The summed E-state index contributed by atoms with van der Waals surface area (Å²) in [6.45, 7) is 4.22. The molecule has 10 heteroatoms. The molecule has 0 aliphatic heterocycles. The average Bonchev–Trinajstić information content (AvgIpc) is 3.03. The Morgan fingerprint density at radius 3 is 2.76 bits per heavy atom. The number of nitrogens with zero attached hydrogens (tertiary/aromatic N) is 3. The van der Waals surface area contributed by atoms with Gasteiger partial charge in [0.2, 0.25) is 0 Å². The summed E-state index contributed by atoms with van der Waals surface area (Å²) in [6.07, 6.45) is 0.528. The van der Waals surface area contributed by atoms with Crippen molar-refractivity contribution in [1.82, 2.24) is 19.1 Å². The largest absolute Gasteiger partial charge is 0.465 e. The van der Waals surface area contributed by atoms with Crippen molar-refractivity contribution in [2.24, 2.45) is 7.05 Å². The van der Waals surface area contributed by atoms with Crippen molar-refractivity contribution in [2.45, 2.75) is 37.2 Å². The molecule has 0 amide bonds. The van der Waals surface area contributed by atoms with E-state index in [1.54, 1.807) is 23.6 Å². The van der Waals surface area contributed by atoms with Crippen LogP contribution in [0.15, 0.2) is 39.0 Å². The predicted octanol–water partition coefficient (Wildman–Crippen LogP) is 1.49. The molecule has 0 spiro atoms. The topological polar surface area (TPSA) is 125 Å². The number of anilines is 1. The van der Waals surface area contributed by atoms with E-state index in [4.69, 9.17) is 10.5 Å². The van der Waals surface area contributed by atoms with Crippen molar-refractivity contribution in [1.29, 1.82) is 0 Å².